The van der Waals surface area contributed by atoms with E-state index in [2.05, 4.69) is 55.4 Å². The molecule has 0 aliphatic rings. The summed E-state index contributed by atoms with van der Waals surface area (Å²) >= 11 is 1.77. The van der Waals surface area contributed by atoms with Crippen molar-refractivity contribution in [1.29, 1.82) is 0 Å². The molecule has 0 fully saturated rings. The summed E-state index contributed by atoms with van der Waals surface area (Å²) in [7, 11) is 0. The van der Waals surface area contributed by atoms with Gasteiger partial charge in [0.2, 0.25) is 0 Å². The molecule has 0 spiro atoms. The zero-order valence-electron chi connectivity index (χ0n) is 12.8. The molecule has 1 rings (SSSR count). The van der Waals surface area contributed by atoms with Crippen LogP contribution in [0.25, 0.3) is 0 Å². The quantitative estimate of drug-likeness (QED) is 0.770. The number of nitrogens with one attached hydrogen (secondary N) is 1. The van der Waals surface area contributed by atoms with E-state index in [1.54, 1.807) is 11.3 Å². The van der Waals surface area contributed by atoms with Gasteiger partial charge in [0.05, 0.1) is 5.60 Å². The highest BCUT2D eigenvalue weighted by Crippen LogP contribution is 2.16. The number of hydrogen-bond donors (Lipinski definition) is 2. The fourth-order valence-electron chi connectivity index (χ4n) is 1.94. The molecule has 0 saturated carbocycles. The molecule has 3 nitrogen and oxygen atoms in total. The minimum absolute atomic E-state index is 0.399. The topological polar surface area (TPSA) is 35.5 Å². The lowest BCUT2D eigenvalue weighted by atomic mass is 10.0. The molecule has 4 heteroatoms. The molecule has 1 atom stereocenters. The molecule has 1 unspecified atom stereocenters. The van der Waals surface area contributed by atoms with Crippen molar-refractivity contribution in [2.75, 3.05) is 13.1 Å². The first-order valence-corrected chi connectivity index (χ1v) is 7.90. The summed E-state index contributed by atoms with van der Waals surface area (Å²) in [6.45, 7) is 12.7. The lowest BCUT2D eigenvalue weighted by Crippen LogP contribution is -2.50. The Kier molecular flexibility index (Phi) is 6.47. The second kappa shape index (κ2) is 7.39. The monoisotopic (exact) mass is 284 g/mol. The fraction of sp³-hybridized carbons (Fsp3) is 0.733. The maximum absolute atomic E-state index is 10.5. The van der Waals surface area contributed by atoms with Crippen LogP contribution in [0.5, 0.6) is 0 Å². The Morgan fingerprint density at radius 2 is 2.05 bits per heavy atom. The molecule has 0 amide bonds. The van der Waals surface area contributed by atoms with Gasteiger partial charge in [-0.15, -0.1) is 11.3 Å². The van der Waals surface area contributed by atoms with Crippen molar-refractivity contribution in [2.45, 2.75) is 58.8 Å². The Bertz CT molecular complexity index is 347. The van der Waals surface area contributed by atoms with Crippen LogP contribution in [0.3, 0.4) is 0 Å². The molecule has 0 aliphatic carbocycles. The number of aliphatic hydroxyl groups is 1. The van der Waals surface area contributed by atoms with Gasteiger partial charge < -0.3 is 10.4 Å². The van der Waals surface area contributed by atoms with Crippen LogP contribution >= 0.6 is 11.3 Å². The third-order valence-corrected chi connectivity index (χ3v) is 3.97. The van der Waals surface area contributed by atoms with Gasteiger partial charge in [-0.1, -0.05) is 19.9 Å². The molecule has 0 aliphatic heterocycles. The van der Waals surface area contributed by atoms with Crippen molar-refractivity contribution in [3.8, 4) is 0 Å². The second-order valence-electron chi connectivity index (χ2n) is 6.11. The minimum atomic E-state index is -0.703. The lowest BCUT2D eigenvalue weighted by molar-refractivity contribution is 0.00693. The molecule has 110 valence electrons. The minimum Gasteiger partial charge on any atom is -0.388 e. The molecule has 0 saturated heterocycles. The first kappa shape index (κ1) is 16.6. The lowest BCUT2D eigenvalue weighted by Gasteiger charge is -2.34. The molecule has 19 heavy (non-hydrogen) atoms. The van der Waals surface area contributed by atoms with E-state index in [0.29, 0.717) is 25.2 Å². The zero-order chi connectivity index (χ0) is 14.5. The predicted octanol–water partition coefficient (Wildman–Crippen LogP) is 2.71. The van der Waals surface area contributed by atoms with Crippen LogP contribution in [0.4, 0.5) is 0 Å². The van der Waals surface area contributed by atoms with Crippen LogP contribution in [-0.4, -0.2) is 40.8 Å². The fourth-order valence-corrected chi connectivity index (χ4v) is 2.67. The first-order chi connectivity index (χ1) is 8.80. The first-order valence-electron chi connectivity index (χ1n) is 7.02. The SMILES string of the molecule is CC(C)NCC(C)(O)CN(Cc1cccs1)C(C)C. The normalized spacial score (nSPS) is 15.4. The highest BCUT2D eigenvalue weighted by atomic mass is 32.1. The molecule has 0 radical (unpaired) electrons. The third kappa shape index (κ3) is 6.52. The maximum Gasteiger partial charge on any atom is 0.0870 e. The molecule has 1 aromatic rings. The van der Waals surface area contributed by atoms with Gasteiger partial charge in [0, 0.05) is 36.6 Å². The molecule has 0 aromatic carbocycles. The van der Waals surface area contributed by atoms with Gasteiger partial charge in [-0.25, -0.2) is 0 Å². The average molecular weight is 284 g/mol. The Hall–Kier alpha value is -0.420. The van der Waals surface area contributed by atoms with Crippen LogP contribution in [-0.2, 0) is 6.54 Å². The summed E-state index contributed by atoms with van der Waals surface area (Å²) in [5.74, 6) is 0. The number of nitrogens with zero attached hydrogens (tertiary/aromatic N) is 1. The number of hydrogen-bond acceptors (Lipinski definition) is 4. The molecule has 2 N–H and O–H groups in total. The van der Waals surface area contributed by atoms with E-state index in [4.69, 9.17) is 0 Å². The average Bonchev–Trinajstić information content (AvgIpc) is 2.78. The van der Waals surface area contributed by atoms with E-state index in [9.17, 15) is 5.11 Å². The summed E-state index contributed by atoms with van der Waals surface area (Å²) in [6.07, 6.45) is 0. The summed E-state index contributed by atoms with van der Waals surface area (Å²) in [6, 6.07) is 5.06. The second-order valence-corrected chi connectivity index (χ2v) is 7.14. The standard InChI is InChI=1S/C15H28N2OS/c1-12(2)16-10-15(5,18)11-17(13(3)4)9-14-7-6-8-19-14/h6-8,12-13,16,18H,9-11H2,1-5H3. The van der Waals surface area contributed by atoms with Crippen molar-refractivity contribution in [3.63, 3.8) is 0 Å². The van der Waals surface area contributed by atoms with Gasteiger partial charge in [0.1, 0.15) is 0 Å². The molecular weight excluding hydrogens is 256 g/mol. The van der Waals surface area contributed by atoms with Gasteiger partial charge in [0.15, 0.2) is 0 Å². The van der Waals surface area contributed by atoms with Crippen molar-refractivity contribution in [1.82, 2.24) is 10.2 Å². The van der Waals surface area contributed by atoms with E-state index in [1.807, 2.05) is 6.92 Å². The van der Waals surface area contributed by atoms with Gasteiger partial charge in [0.25, 0.3) is 0 Å². The van der Waals surface area contributed by atoms with E-state index >= 15 is 0 Å². The van der Waals surface area contributed by atoms with Crippen LogP contribution < -0.4 is 5.32 Å². The number of rotatable bonds is 8. The van der Waals surface area contributed by atoms with Crippen LogP contribution in [0, 0.1) is 0 Å². The largest absolute Gasteiger partial charge is 0.388 e. The van der Waals surface area contributed by atoms with Crippen molar-refractivity contribution >= 4 is 11.3 Å². The van der Waals surface area contributed by atoms with Gasteiger partial charge in [-0.3, -0.25) is 4.90 Å². The third-order valence-electron chi connectivity index (χ3n) is 3.10. The van der Waals surface area contributed by atoms with Gasteiger partial charge >= 0.3 is 0 Å². The van der Waals surface area contributed by atoms with Crippen LogP contribution in [0.15, 0.2) is 17.5 Å². The van der Waals surface area contributed by atoms with Crippen LogP contribution in [0.1, 0.15) is 39.5 Å². The van der Waals surface area contributed by atoms with E-state index in [0.717, 1.165) is 6.54 Å². The highest BCUT2D eigenvalue weighted by molar-refractivity contribution is 7.09. The van der Waals surface area contributed by atoms with Gasteiger partial charge in [-0.05, 0) is 32.2 Å². The Balaban J connectivity index is 2.57. The maximum atomic E-state index is 10.5. The van der Waals surface area contributed by atoms with Crippen LogP contribution in [0.2, 0.25) is 0 Å². The summed E-state index contributed by atoms with van der Waals surface area (Å²) in [5.41, 5.74) is -0.703. The molecule has 0 bridgehead atoms. The molecular formula is C15H28N2OS. The molecule has 1 heterocycles. The van der Waals surface area contributed by atoms with Gasteiger partial charge in [-0.2, -0.15) is 0 Å². The van der Waals surface area contributed by atoms with Crippen molar-refractivity contribution < 1.29 is 5.11 Å². The Morgan fingerprint density at radius 1 is 1.37 bits per heavy atom. The van der Waals surface area contributed by atoms with E-state index < -0.39 is 5.60 Å². The zero-order valence-corrected chi connectivity index (χ0v) is 13.6. The van der Waals surface area contributed by atoms with E-state index in [1.165, 1.54) is 4.88 Å². The summed E-state index contributed by atoms with van der Waals surface area (Å²) in [4.78, 5) is 3.68. The predicted molar refractivity (Wildman–Crippen MR) is 83.6 cm³/mol. The van der Waals surface area contributed by atoms with Crippen molar-refractivity contribution in [3.05, 3.63) is 22.4 Å². The van der Waals surface area contributed by atoms with E-state index in [-0.39, 0.29) is 0 Å². The Labute approximate surface area is 121 Å². The summed E-state index contributed by atoms with van der Waals surface area (Å²) in [5, 5.41) is 15.9. The highest BCUT2D eigenvalue weighted by Gasteiger charge is 2.25. The Morgan fingerprint density at radius 3 is 2.53 bits per heavy atom. The molecule has 1 aromatic heterocycles. The summed E-state index contributed by atoms with van der Waals surface area (Å²) < 4.78 is 0. The van der Waals surface area contributed by atoms with Crippen molar-refractivity contribution in [2.24, 2.45) is 0 Å². The smallest absolute Gasteiger partial charge is 0.0870 e. The number of thiophene rings is 1.